The minimum absolute atomic E-state index is 0.00677. The highest BCUT2D eigenvalue weighted by Crippen LogP contribution is 2.35. The second kappa shape index (κ2) is 12.8. The number of likely N-dealkylation sites (tertiary alicyclic amines) is 2. The summed E-state index contributed by atoms with van der Waals surface area (Å²) in [5.41, 5.74) is 19.0. The van der Waals surface area contributed by atoms with E-state index in [-0.39, 0.29) is 35.7 Å². The molecule has 2 saturated heterocycles. The third-order valence-electron chi connectivity index (χ3n) is 10.1. The van der Waals surface area contributed by atoms with Crippen molar-refractivity contribution >= 4 is 33.8 Å². The first-order valence-electron chi connectivity index (χ1n) is 17.2. The van der Waals surface area contributed by atoms with Crippen molar-refractivity contribution in [1.82, 2.24) is 34.7 Å². The predicted octanol–water partition coefficient (Wildman–Crippen LogP) is 5.46. The third-order valence-corrected chi connectivity index (χ3v) is 10.1. The minimum atomic E-state index is -0.511. The molecule has 2 aliphatic rings. The van der Waals surface area contributed by atoms with Crippen molar-refractivity contribution in [1.29, 1.82) is 0 Å². The molecule has 7 rings (SSSR count). The normalized spacial score (nSPS) is 19.7. The molecule has 0 aliphatic carbocycles. The summed E-state index contributed by atoms with van der Waals surface area (Å²) in [6.45, 7) is 9.31. The van der Waals surface area contributed by atoms with E-state index in [1.807, 2.05) is 56.0 Å². The van der Waals surface area contributed by atoms with Gasteiger partial charge >= 0.3 is 0 Å². The second-order valence-corrected chi connectivity index (χ2v) is 14.1. The number of carbonyl (C=O) groups excluding carboxylic acids is 2. The molecule has 2 amide bonds. The Labute approximate surface area is 280 Å². The van der Waals surface area contributed by atoms with Gasteiger partial charge in [-0.25, -0.2) is 9.97 Å². The first-order chi connectivity index (χ1) is 23.1. The van der Waals surface area contributed by atoms with Gasteiger partial charge in [0, 0.05) is 30.2 Å². The lowest BCUT2D eigenvalue weighted by Crippen LogP contribution is -2.46. The molecule has 250 valence electrons. The van der Waals surface area contributed by atoms with Crippen LogP contribution in [0.1, 0.15) is 77.1 Å². The largest absolute Gasteiger partial charge is 0.340 e. The zero-order valence-corrected chi connectivity index (χ0v) is 28.1. The smallest absolute Gasteiger partial charge is 0.240 e. The summed E-state index contributed by atoms with van der Waals surface area (Å²) < 4.78 is 0. The van der Waals surface area contributed by atoms with Gasteiger partial charge in [-0.3, -0.25) is 14.6 Å². The SMILES string of the molecule is CC(C)[C@H](N)C(=O)N1CCC[C@H]1c1ncc(-c2cnc3cc(-c4ccc5nc([C@@H]6CCCN6C(=O)[C@@H](N)C(C)C)[nH]c5c4)ccc3c2)[nH]1. The third kappa shape index (κ3) is 5.85. The van der Waals surface area contributed by atoms with Crippen LogP contribution < -0.4 is 11.5 Å². The summed E-state index contributed by atoms with van der Waals surface area (Å²) in [6.07, 6.45) is 7.28. The Morgan fingerprint density at radius 2 is 1.35 bits per heavy atom. The van der Waals surface area contributed by atoms with Crippen LogP contribution in [0.4, 0.5) is 0 Å². The number of amides is 2. The van der Waals surface area contributed by atoms with E-state index in [1.54, 1.807) is 0 Å². The molecule has 3 aromatic heterocycles. The Balaban J connectivity index is 1.10. The molecule has 48 heavy (non-hydrogen) atoms. The van der Waals surface area contributed by atoms with Crippen molar-refractivity contribution in [3.05, 3.63) is 66.5 Å². The van der Waals surface area contributed by atoms with Crippen molar-refractivity contribution in [2.45, 2.75) is 77.5 Å². The molecule has 5 heterocycles. The highest BCUT2D eigenvalue weighted by atomic mass is 16.2. The molecule has 0 spiro atoms. The van der Waals surface area contributed by atoms with Crippen LogP contribution in [0, 0.1) is 11.8 Å². The quantitative estimate of drug-likeness (QED) is 0.174. The number of aromatic amines is 2. The van der Waals surface area contributed by atoms with Crippen molar-refractivity contribution in [2.24, 2.45) is 23.3 Å². The number of rotatable bonds is 8. The lowest BCUT2D eigenvalue weighted by molar-refractivity contribution is -0.135. The number of nitrogens with two attached hydrogens (primary N) is 2. The Kier molecular flexibility index (Phi) is 8.51. The van der Waals surface area contributed by atoms with E-state index in [4.69, 9.17) is 21.4 Å². The Morgan fingerprint density at radius 3 is 2.02 bits per heavy atom. The maximum Gasteiger partial charge on any atom is 0.240 e. The molecule has 11 heteroatoms. The highest BCUT2D eigenvalue weighted by molar-refractivity contribution is 5.89. The zero-order valence-electron chi connectivity index (χ0n) is 28.1. The summed E-state index contributed by atoms with van der Waals surface area (Å²) in [7, 11) is 0. The number of benzene rings is 2. The Bertz CT molecular complexity index is 1980. The Morgan fingerprint density at radius 1 is 0.729 bits per heavy atom. The van der Waals surface area contributed by atoms with Crippen LogP contribution in [0.3, 0.4) is 0 Å². The average molecular weight is 648 g/mol. The first kappa shape index (κ1) is 32.0. The number of nitrogens with zero attached hydrogens (tertiary/aromatic N) is 5. The molecule has 0 unspecified atom stereocenters. The van der Waals surface area contributed by atoms with E-state index in [1.165, 1.54) is 0 Å². The monoisotopic (exact) mass is 647 g/mol. The van der Waals surface area contributed by atoms with Crippen LogP contribution in [0.5, 0.6) is 0 Å². The van der Waals surface area contributed by atoms with Gasteiger partial charge in [0.1, 0.15) is 11.6 Å². The number of aromatic nitrogens is 5. The summed E-state index contributed by atoms with van der Waals surface area (Å²) in [6, 6.07) is 13.4. The van der Waals surface area contributed by atoms with Crippen molar-refractivity contribution in [3.63, 3.8) is 0 Å². The van der Waals surface area contributed by atoms with Crippen molar-refractivity contribution in [3.8, 4) is 22.4 Å². The number of nitrogens with one attached hydrogen (secondary N) is 2. The minimum Gasteiger partial charge on any atom is -0.340 e. The van der Waals surface area contributed by atoms with Crippen LogP contribution in [-0.4, -0.2) is 71.7 Å². The summed E-state index contributed by atoms with van der Waals surface area (Å²) in [5, 5.41) is 1.02. The lowest BCUT2D eigenvalue weighted by atomic mass is 10.0. The van der Waals surface area contributed by atoms with Gasteiger partial charge in [0.05, 0.1) is 52.6 Å². The highest BCUT2D eigenvalue weighted by Gasteiger charge is 2.36. The molecule has 0 radical (unpaired) electrons. The standard InChI is InChI=1S/C37H45N9O2/c1-20(2)32(38)36(47)45-13-5-7-30(45)34-41-19-29(44-34)25-15-24-10-9-22(16-27(24)40-18-25)23-11-12-26-28(17-23)43-35(42-26)31-8-6-14-46(31)37(48)33(39)21(3)4/h9-12,15-21,30-33H,5-8,13-14,38-39H2,1-4H3,(H,41,44)(H,42,43)/t30-,31-,32-,33-/m0/s1. The second-order valence-electron chi connectivity index (χ2n) is 14.1. The molecule has 0 saturated carbocycles. The fourth-order valence-electron chi connectivity index (χ4n) is 7.05. The van der Waals surface area contributed by atoms with Crippen molar-refractivity contribution in [2.75, 3.05) is 13.1 Å². The average Bonchev–Trinajstić information content (AvgIpc) is 3.91. The van der Waals surface area contributed by atoms with Gasteiger partial charge < -0.3 is 31.2 Å². The number of hydrogen-bond acceptors (Lipinski definition) is 7. The lowest BCUT2D eigenvalue weighted by Gasteiger charge is -2.27. The maximum atomic E-state index is 13.1. The van der Waals surface area contributed by atoms with Crippen LogP contribution >= 0.6 is 0 Å². The van der Waals surface area contributed by atoms with Crippen LogP contribution in [0.15, 0.2) is 54.9 Å². The van der Waals surface area contributed by atoms with Gasteiger partial charge in [0.2, 0.25) is 11.8 Å². The van der Waals surface area contributed by atoms with Crippen molar-refractivity contribution < 1.29 is 9.59 Å². The molecule has 11 nitrogen and oxygen atoms in total. The van der Waals surface area contributed by atoms with Gasteiger partial charge in [-0.2, -0.15) is 0 Å². The first-order valence-corrected chi connectivity index (χ1v) is 17.2. The number of hydrogen-bond donors (Lipinski definition) is 4. The molecule has 2 aliphatic heterocycles. The molecule has 0 bridgehead atoms. The number of H-pyrrole nitrogens is 2. The zero-order chi connectivity index (χ0) is 33.7. The molecular formula is C37H45N9O2. The summed E-state index contributed by atoms with van der Waals surface area (Å²) >= 11 is 0. The van der Waals surface area contributed by atoms with E-state index >= 15 is 0 Å². The topological polar surface area (TPSA) is 163 Å². The predicted molar refractivity (Wildman–Crippen MR) is 187 cm³/mol. The summed E-state index contributed by atoms with van der Waals surface area (Å²) in [4.78, 5) is 51.2. The molecule has 5 aromatic rings. The molecule has 2 fully saturated rings. The van der Waals surface area contributed by atoms with Gasteiger partial charge in [0.15, 0.2) is 0 Å². The maximum absolute atomic E-state index is 13.1. The van der Waals surface area contributed by atoms with Crippen LogP contribution in [0.2, 0.25) is 0 Å². The van der Waals surface area contributed by atoms with Gasteiger partial charge in [0.25, 0.3) is 0 Å². The van der Waals surface area contributed by atoms with E-state index in [2.05, 4.69) is 51.4 Å². The Hall–Kier alpha value is -4.61. The number of carbonyl (C=O) groups is 2. The van der Waals surface area contributed by atoms with E-state index in [0.717, 1.165) is 81.7 Å². The molecule has 2 aromatic carbocycles. The van der Waals surface area contributed by atoms with E-state index in [0.29, 0.717) is 13.1 Å². The van der Waals surface area contributed by atoms with Crippen LogP contribution in [-0.2, 0) is 9.59 Å². The fraction of sp³-hybridized carbons (Fsp3) is 0.432. The van der Waals surface area contributed by atoms with Gasteiger partial charge in [-0.15, -0.1) is 0 Å². The molecule has 4 atom stereocenters. The summed E-state index contributed by atoms with van der Waals surface area (Å²) in [5.74, 6) is 1.74. The van der Waals surface area contributed by atoms with Gasteiger partial charge in [-0.05, 0) is 72.9 Å². The van der Waals surface area contributed by atoms with Crippen LogP contribution in [0.25, 0.3) is 44.3 Å². The van der Waals surface area contributed by atoms with Gasteiger partial charge in [-0.1, -0.05) is 45.9 Å². The number of imidazole rings is 2. The fourth-order valence-corrected chi connectivity index (χ4v) is 7.05. The molecule has 6 N–H and O–H groups in total. The number of pyridine rings is 1. The van der Waals surface area contributed by atoms with E-state index in [9.17, 15) is 9.59 Å². The van der Waals surface area contributed by atoms with E-state index < -0.39 is 12.1 Å². The molecular weight excluding hydrogens is 602 g/mol. The number of fused-ring (bicyclic) bond motifs is 2.